The van der Waals surface area contributed by atoms with Gasteiger partial charge < -0.3 is 29.2 Å². The quantitative estimate of drug-likeness (QED) is 0.0890. The minimum atomic E-state index is -1.13. The molecule has 0 spiro atoms. The fraction of sp³-hybridized carbons (Fsp3) is 0.500. The molecule has 2 aromatic carbocycles. The lowest BCUT2D eigenvalue weighted by Crippen LogP contribution is -2.45. The molecular formula is C32H43I2N3O8. The van der Waals surface area contributed by atoms with Crippen LogP contribution in [0.4, 0.5) is 21.0 Å². The van der Waals surface area contributed by atoms with Crippen LogP contribution in [0, 0.1) is 0 Å². The number of nitrogens with zero attached hydrogens (tertiary/aromatic N) is 1. The van der Waals surface area contributed by atoms with E-state index in [0.29, 0.717) is 11.3 Å². The zero-order valence-corrected chi connectivity index (χ0v) is 30.9. The first-order valence-electron chi connectivity index (χ1n) is 14.5. The third kappa shape index (κ3) is 15.3. The number of carbonyl (C=O) groups is 4. The van der Waals surface area contributed by atoms with E-state index in [9.17, 15) is 19.2 Å². The Bertz CT molecular complexity index is 1270. The molecule has 2 N–H and O–H groups in total. The van der Waals surface area contributed by atoms with Crippen LogP contribution < -0.4 is 20.3 Å². The molecule has 0 saturated heterocycles. The lowest BCUT2D eigenvalue weighted by atomic mass is 10.1. The van der Waals surface area contributed by atoms with Crippen molar-refractivity contribution in [2.75, 3.05) is 32.2 Å². The zero-order valence-electron chi connectivity index (χ0n) is 26.6. The van der Waals surface area contributed by atoms with Crippen molar-refractivity contribution in [2.24, 2.45) is 0 Å². The molecule has 2 amide bonds. The van der Waals surface area contributed by atoms with Gasteiger partial charge in [-0.15, -0.1) is 0 Å². The molecule has 0 saturated carbocycles. The summed E-state index contributed by atoms with van der Waals surface area (Å²) >= 11 is 4.67. The molecule has 0 radical (unpaired) electrons. The van der Waals surface area contributed by atoms with Gasteiger partial charge in [-0.25, -0.2) is 14.4 Å². The molecule has 0 heterocycles. The van der Waals surface area contributed by atoms with Gasteiger partial charge in [-0.05, 0) is 77.8 Å². The number of benzene rings is 2. The summed E-state index contributed by atoms with van der Waals surface area (Å²) in [7, 11) is 0. The van der Waals surface area contributed by atoms with Gasteiger partial charge in [-0.1, -0.05) is 69.4 Å². The molecule has 248 valence electrons. The summed E-state index contributed by atoms with van der Waals surface area (Å²) in [6, 6.07) is 12.9. The molecule has 0 aliphatic heterocycles. The van der Waals surface area contributed by atoms with Gasteiger partial charge in [-0.3, -0.25) is 10.1 Å². The predicted molar refractivity (Wildman–Crippen MR) is 191 cm³/mol. The van der Waals surface area contributed by atoms with E-state index >= 15 is 0 Å². The average Bonchev–Trinajstić information content (AvgIpc) is 2.93. The lowest BCUT2D eigenvalue weighted by molar-refractivity contribution is -0.158. The fourth-order valence-corrected chi connectivity index (χ4v) is 5.08. The second-order valence-corrected chi connectivity index (χ2v) is 14.1. The molecule has 45 heavy (non-hydrogen) atoms. The molecule has 2 aromatic rings. The third-order valence-electron chi connectivity index (χ3n) is 5.73. The molecular weight excluding hydrogens is 808 g/mol. The van der Waals surface area contributed by atoms with E-state index in [-0.39, 0.29) is 25.2 Å². The standard InChI is InChI=1S/C32H43I2N3O8/c1-31(2,3)44-27(38)16-15-25(28(39)45-32(4,5)6)36-30(41)43-23-13-11-22(12-14-23)21-42-29(40)35-24-9-7-8-10-26(24)37(19-17-33)20-18-34/h7-14,25H,15-21H2,1-6H3,(H,35,40)(H,36,41)/t25-/m0/s1. The van der Waals surface area contributed by atoms with Gasteiger partial charge in [-0.2, -0.15) is 0 Å². The van der Waals surface area contributed by atoms with Crippen molar-refractivity contribution in [1.82, 2.24) is 5.32 Å². The number of halogens is 2. The Morgan fingerprint density at radius 1 is 0.822 bits per heavy atom. The number of nitrogens with one attached hydrogen (secondary N) is 2. The number of para-hydroxylation sites is 2. The van der Waals surface area contributed by atoms with Crippen LogP contribution >= 0.6 is 45.2 Å². The first kappa shape index (κ1) is 38.4. The number of carbonyl (C=O) groups excluding carboxylic acids is 4. The molecule has 0 aliphatic rings. The van der Waals surface area contributed by atoms with Gasteiger partial charge in [0.2, 0.25) is 0 Å². The van der Waals surface area contributed by atoms with E-state index in [0.717, 1.165) is 27.6 Å². The minimum Gasteiger partial charge on any atom is -0.460 e. The van der Waals surface area contributed by atoms with Gasteiger partial charge in [0.15, 0.2) is 0 Å². The molecule has 0 aliphatic carbocycles. The normalized spacial score (nSPS) is 12.0. The number of amides is 2. The van der Waals surface area contributed by atoms with Crippen LogP contribution in [0.5, 0.6) is 5.75 Å². The molecule has 2 rings (SSSR count). The van der Waals surface area contributed by atoms with Gasteiger partial charge in [0.05, 0.1) is 11.4 Å². The maximum Gasteiger partial charge on any atom is 0.413 e. The number of esters is 2. The second-order valence-electron chi connectivity index (χ2n) is 12.0. The van der Waals surface area contributed by atoms with Crippen LogP contribution in [-0.4, -0.2) is 63.3 Å². The highest BCUT2D eigenvalue weighted by molar-refractivity contribution is 14.1. The Labute approximate surface area is 292 Å². The Balaban J connectivity index is 1.96. The fourth-order valence-electron chi connectivity index (χ4n) is 3.92. The van der Waals surface area contributed by atoms with Crippen LogP contribution in [0.2, 0.25) is 0 Å². The summed E-state index contributed by atoms with van der Waals surface area (Å²) in [6.45, 7) is 12.1. The first-order chi connectivity index (χ1) is 21.1. The van der Waals surface area contributed by atoms with Crippen LogP contribution in [0.25, 0.3) is 0 Å². The molecule has 0 bridgehead atoms. The van der Waals surface area contributed by atoms with E-state index in [1.807, 2.05) is 24.3 Å². The summed E-state index contributed by atoms with van der Waals surface area (Å²) in [5, 5.41) is 5.32. The summed E-state index contributed by atoms with van der Waals surface area (Å²) < 4.78 is 23.4. The average molecular weight is 852 g/mol. The van der Waals surface area contributed by atoms with Crippen molar-refractivity contribution < 1.29 is 38.1 Å². The Hall–Kier alpha value is -2.82. The number of alkyl halides is 2. The topological polar surface area (TPSA) is 132 Å². The maximum atomic E-state index is 12.7. The van der Waals surface area contributed by atoms with E-state index in [2.05, 4.69) is 60.7 Å². The van der Waals surface area contributed by atoms with E-state index in [4.69, 9.17) is 18.9 Å². The van der Waals surface area contributed by atoms with Crippen molar-refractivity contribution in [3.63, 3.8) is 0 Å². The van der Waals surface area contributed by atoms with Gasteiger partial charge >= 0.3 is 24.1 Å². The third-order valence-corrected chi connectivity index (χ3v) is 6.70. The minimum absolute atomic E-state index is 0.00290. The first-order valence-corrected chi connectivity index (χ1v) is 17.6. The molecule has 1 atom stereocenters. The van der Waals surface area contributed by atoms with E-state index < -0.39 is 41.4 Å². The van der Waals surface area contributed by atoms with Gasteiger partial charge in [0, 0.05) is 28.4 Å². The highest BCUT2D eigenvalue weighted by Crippen LogP contribution is 2.26. The smallest absolute Gasteiger partial charge is 0.413 e. The van der Waals surface area contributed by atoms with E-state index in [1.165, 1.54) is 0 Å². The number of rotatable bonds is 14. The van der Waals surface area contributed by atoms with Crippen LogP contribution in [0.3, 0.4) is 0 Å². The second kappa shape index (κ2) is 18.4. The van der Waals surface area contributed by atoms with Gasteiger partial charge in [0.1, 0.15) is 29.6 Å². The lowest BCUT2D eigenvalue weighted by Gasteiger charge is -2.25. The molecule has 0 unspecified atom stereocenters. The van der Waals surface area contributed by atoms with Gasteiger partial charge in [0.25, 0.3) is 0 Å². The van der Waals surface area contributed by atoms with Crippen LogP contribution in [0.1, 0.15) is 59.9 Å². The summed E-state index contributed by atoms with van der Waals surface area (Å²) in [4.78, 5) is 52.4. The number of hydrogen-bond acceptors (Lipinski definition) is 9. The summed E-state index contributed by atoms with van der Waals surface area (Å²) in [5.74, 6) is -0.995. The van der Waals surface area contributed by atoms with Crippen LogP contribution in [0.15, 0.2) is 48.5 Å². The van der Waals surface area contributed by atoms with Crippen molar-refractivity contribution in [3.8, 4) is 5.75 Å². The SMILES string of the molecule is CC(C)(C)OC(=O)CC[C@H](NC(=O)Oc1ccc(COC(=O)Nc2ccccc2N(CCI)CCI)cc1)C(=O)OC(C)(C)C. The highest BCUT2D eigenvalue weighted by atomic mass is 127. The van der Waals surface area contributed by atoms with Crippen molar-refractivity contribution >= 4 is 80.7 Å². The molecule has 11 nitrogen and oxygen atoms in total. The zero-order chi connectivity index (χ0) is 33.6. The maximum absolute atomic E-state index is 12.7. The van der Waals surface area contributed by atoms with Crippen LogP contribution in [-0.2, 0) is 30.4 Å². The summed E-state index contributed by atoms with van der Waals surface area (Å²) in [6.07, 6.45) is -1.62. The number of hydrogen-bond donors (Lipinski definition) is 2. The molecule has 13 heteroatoms. The number of ether oxygens (including phenoxy) is 4. The van der Waals surface area contributed by atoms with Crippen molar-refractivity contribution in [2.45, 2.75) is 78.2 Å². The summed E-state index contributed by atoms with van der Waals surface area (Å²) in [5.41, 5.74) is 0.798. The Kier molecular flexibility index (Phi) is 15.6. The largest absolute Gasteiger partial charge is 0.460 e. The van der Waals surface area contributed by atoms with E-state index in [1.54, 1.807) is 65.8 Å². The predicted octanol–water partition coefficient (Wildman–Crippen LogP) is 7.03. The Morgan fingerprint density at radius 2 is 1.42 bits per heavy atom. The molecule has 0 fully saturated rings. The molecule has 0 aromatic heterocycles. The Morgan fingerprint density at radius 3 is 2.00 bits per heavy atom. The van der Waals surface area contributed by atoms with Crippen molar-refractivity contribution in [1.29, 1.82) is 0 Å². The monoisotopic (exact) mass is 851 g/mol. The van der Waals surface area contributed by atoms with Crippen molar-refractivity contribution in [3.05, 3.63) is 54.1 Å². The number of anilines is 2. The highest BCUT2D eigenvalue weighted by Gasteiger charge is 2.29.